The van der Waals surface area contributed by atoms with Gasteiger partial charge in [0, 0.05) is 13.1 Å². The SMILES string of the molecule is O=C(Cc1ccc(C2CC2)c(F)c1)N1CCN(c2ccc(Cl)nn2)C2CC21. The van der Waals surface area contributed by atoms with Gasteiger partial charge < -0.3 is 9.80 Å². The van der Waals surface area contributed by atoms with Gasteiger partial charge in [0.05, 0.1) is 18.5 Å². The van der Waals surface area contributed by atoms with E-state index in [1.54, 1.807) is 6.07 Å². The highest BCUT2D eigenvalue weighted by molar-refractivity contribution is 6.29. The van der Waals surface area contributed by atoms with Crippen LogP contribution in [0.1, 0.15) is 36.3 Å². The number of carbonyl (C=O) groups excluding carboxylic acids is 1. The number of aromatic nitrogens is 2. The van der Waals surface area contributed by atoms with Gasteiger partial charge in [0.15, 0.2) is 11.0 Å². The van der Waals surface area contributed by atoms with Crippen molar-refractivity contribution in [1.29, 1.82) is 0 Å². The quantitative estimate of drug-likeness (QED) is 0.809. The van der Waals surface area contributed by atoms with E-state index in [0.29, 0.717) is 17.6 Å². The molecule has 2 heterocycles. The Balaban J connectivity index is 1.24. The molecule has 1 aromatic carbocycles. The van der Waals surface area contributed by atoms with E-state index in [9.17, 15) is 9.18 Å². The van der Waals surface area contributed by atoms with Gasteiger partial charge in [-0.15, -0.1) is 10.2 Å². The summed E-state index contributed by atoms with van der Waals surface area (Å²) < 4.78 is 14.2. The van der Waals surface area contributed by atoms with Crippen molar-refractivity contribution in [3.05, 3.63) is 52.4 Å². The Morgan fingerprint density at radius 1 is 1.15 bits per heavy atom. The normalized spacial score (nSPS) is 23.9. The second-order valence-corrected chi connectivity index (χ2v) is 8.06. The number of piperazine rings is 1. The van der Waals surface area contributed by atoms with Gasteiger partial charge in [-0.05, 0) is 54.5 Å². The number of halogens is 2. The highest BCUT2D eigenvalue weighted by Crippen LogP contribution is 2.42. The molecule has 1 saturated heterocycles. The van der Waals surface area contributed by atoms with Gasteiger partial charge in [0.1, 0.15) is 5.82 Å². The van der Waals surface area contributed by atoms with E-state index in [4.69, 9.17) is 11.6 Å². The van der Waals surface area contributed by atoms with Gasteiger partial charge in [-0.25, -0.2) is 4.39 Å². The topological polar surface area (TPSA) is 49.3 Å². The molecule has 0 bridgehead atoms. The van der Waals surface area contributed by atoms with Crippen molar-refractivity contribution in [2.45, 2.75) is 43.7 Å². The minimum Gasteiger partial charge on any atom is -0.348 e. The first kappa shape index (κ1) is 16.9. The number of fused-ring (bicyclic) bond motifs is 1. The number of hydrogen-bond acceptors (Lipinski definition) is 4. The fourth-order valence-electron chi connectivity index (χ4n) is 4.12. The molecule has 1 aliphatic heterocycles. The summed E-state index contributed by atoms with van der Waals surface area (Å²) in [6, 6.07) is 9.39. The Morgan fingerprint density at radius 3 is 2.70 bits per heavy atom. The fraction of sp³-hybridized carbons (Fsp3) is 0.450. The van der Waals surface area contributed by atoms with Gasteiger partial charge in [-0.1, -0.05) is 23.7 Å². The number of rotatable bonds is 4. The molecule has 3 aliphatic rings. The predicted molar refractivity (Wildman–Crippen MR) is 100 cm³/mol. The van der Waals surface area contributed by atoms with Crippen LogP contribution < -0.4 is 4.90 Å². The third kappa shape index (κ3) is 3.27. The van der Waals surface area contributed by atoms with Crippen molar-refractivity contribution in [2.75, 3.05) is 18.0 Å². The average molecular weight is 387 g/mol. The molecule has 140 valence electrons. The third-order valence-electron chi connectivity index (χ3n) is 5.78. The van der Waals surface area contributed by atoms with Crippen LogP contribution in [0, 0.1) is 5.82 Å². The van der Waals surface area contributed by atoms with Crippen LogP contribution in [0.25, 0.3) is 0 Å². The van der Waals surface area contributed by atoms with E-state index >= 15 is 0 Å². The molecule has 0 N–H and O–H groups in total. The van der Waals surface area contributed by atoms with E-state index in [2.05, 4.69) is 15.1 Å². The van der Waals surface area contributed by atoms with Crippen LogP contribution in [0.5, 0.6) is 0 Å². The molecule has 2 unspecified atom stereocenters. The smallest absolute Gasteiger partial charge is 0.227 e. The largest absolute Gasteiger partial charge is 0.348 e. The van der Waals surface area contributed by atoms with Crippen molar-refractivity contribution in [1.82, 2.24) is 15.1 Å². The molecule has 2 saturated carbocycles. The minimum atomic E-state index is -0.168. The number of nitrogens with zero attached hydrogens (tertiary/aromatic N) is 4. The fourth-order valence-corrected chi connectivity index (χ4v) is 4.23. The summed E-state index contributed by atoms with van der Waals surface area (Å²) in [5.41, 5.74) is 1.55. The molecule has 0 spiro atoms. The van der Waals surface area contributed by atoms with Crippen LogP contribution in [0.4, 0.5) is 10.2 Å². The Hall–Kier alpha value is -2.21. The molecule has 2 aliphatic carbocycles. The second kappa shape index (κ2) is 6.44. The van der Waals surface area contributed by atoms with Crippen LogP contribution >= 0.6 is 11.6 Å². The predicted octanol–water partition coefficient (Wildman–Crippen LogP) is 3.18. The number of anilines is 1. The summed E-state index contributed by atoms with van der Waals surface area (Å²) in [5.74, 6) is 1.09. The van der Waals surface area contributed by atoms with Crippen LogP contribution in [0.15, 0.2) is 30.3 Å². The Labute approximate surface area is 162 Å². The molecule has 7 heteroatoms. The standard InChI is InChI=1S/C20H20ClFN4O/c21-18-5-6-19(24-23-18)25-7-8-26(17-11-16(17)25)20(27)10-12-1-4-14(13-2-3-13)15(22)9-12/h1,4-6,9,13,16-17H,2-3,7-8,10-11H2. The van der Waals surface area contributed by atoms with Crippen molar-refractivity contribution < 1.29 is 9.18 Å². The highest BCUT2D eigenvalue weighted by atomic mass is 35.5. The summed E-state index contributed by atoms with van der Waals surface area (Å²) in [4.78, 5) is 16.9. The molecule has 2 atom stereocenters. The molecule has 1 amide bonds. The Kier molecular flexibility index (Phi) is 4.04. The molecule has 5 nitrogen and oxygen atoms in total. The van der Waals surface area contributed by atoms with Crippen molar-refractivity contribution in [2.24, 2.45) is 0 Å². The highest BCUT2D eigenvalue weighted by Gasteiger charge is 2.51. The van der Waals surface area contributed by atoms with E-state index in [-0.39, 0.29) is 30.2 Å². The van der Waals surface area contributed by atoms with E-state index in [1.165, 1.54) is 6.07 Å². The molecule has 0 radical (unpaired) electrons. The molecular weight excluding hydrogens is 367 g/mol. The lowest BCUT2D eigenvalue weighted by Crippen LogP contribution is -2.49. The molecular formula is C20H20ClFN4O. The molecule has 5 rings (SSSR count). The summed E-state index contributed by atoms with van der Waals surface area (Å²) in [5, 5.41) is 8.43. The maximum absolute atomic E-state index is 14.2. The monoisotopic (exact) mass is 386 g/mol. The first-order valence-electron chi connectivity index (χ1n) is 9.44. The van der Waals surface area contributed by atoms with E-state index in [0.717, 1.165) is 42.8 Å². The Bertz CT molecular complexity index is 886. The lowest BCUT2D eigenvalue weighted by atomic mass is 10.0. The molecule has 1 aromatic heterocycles. The number of carbonyl (C=O) groups is 1. The van der Waals surface area contributed by atoms with Crippen molar-refractivity contribution in [3.8, 4) is 0 Å². The van der Waals surface area contributed by atoms with Gasteiger partial charge in [0.25, 0.3) is 0 Å². The van der Waals surface area contributed by atoms with Gasteiger partial charge in [0.2, 0.25) is 5.91 Å². The summed E-state index contributed by atoms with van der Waals surface area (Å²) in [7, 11) is 0. The van der Waals surface area contributed by atoms with Crippen molar-refractivity contribution in [3.63, 3.8) is 0 Å². The number of amides is 1. The minimum absolute atomic E-state index is 0.0721. The number of hydrogen-bond donors (Lipinski definition) is 0. The first-order chi connectivity index (χ1) is 13.1. The van der Waals surface area contributed by atoms with Crippen molar-refractivity contribution >= 4 is 23.3 Å². The maximum Gasteiger partial charge on any atom is 0.227 e. The van der Waals surface area contributed by atoms with Gasteiger partial charge in [-0.2, -0.15) is 0 Å². The van der Waals surface area contributed by atoms with Gasteiger partial charge in [-0.3, -0.25) is 4.79 Å². The number of benzene rings is 1. The average Bonchev–Trinajstić information content (AvgIpc) is 3.54. The zero-order chi connectivity index (χ0) is 18.5. The zero-order valence-corrected chi connectivity index (χ0v) is 15.6. The van der Waals surface area contributed by atoms with Crippen LogP contribution in [0.3, 0.4) is 0 Å². The zero-order valence-electron chi connectivity index (χ0n) is 14.8. The molecule has 3 fully saturated rings. The second-order valence-electron chi connectivity index (χ2n) is 7.67. The van der Waals surface area contributed by atoms with Crippen LogP contribution in [-0.2, 0) is 11.2 Å². The lowest BCUT2D eigenvalue weighted by molar-refractivity contribution is -0.131. The summed E-state index contributed by atoms with van der Waals surface area (Å²) in [6.07, 6.45) is 3.33. The molecule has 27 heavy (non-hydrogen) atoms. The lowest BCUT2D eigenvalue weighted by Gasteiger charge is -2.34. The maximum atomic E-state index is 14.2. The first-order valence-corrected chi connectivity index (χ1v) is 9.81. The van der Waals surface area contributed by atoms with Crippen LogP contribution in [0.2, 0.25) is 5.15 Å². The van der Waals surface area contributed by atoms with E-state index in [1.807, 2.05) is 23.1 Å². The third-order valence-corrected chi connectivity index (χ3v) is 5.98. The Morgan fingerprint density at radius 2 is 2.00 bits per heavy atom. The van der Waals surface area contributed by atoms with E-state index < -0.39 is 0 Å². The van der Waals surface area contributed by atoms with Crippen LogP contribution in [-0.4, -0.2) is 46.2 Å². The summed E-state index contributed by atoms with van der Waals surface area (Å²) in [6.45, 7) is 1.37. The molecule has 2 aromatic rings. The van der Waals surface area contributed by atoms with Gasteiger partial charge >= 0.3 is 0 Å². The summed E-state index contributed by atoms with van der Waals surface area (Å²) >= 11 is 5.81.